The second kappa shape index (κ2) is 6.29. The number of benzene rings is 1. The van der Waals surface area contributed by atoms with E-state index >= 15 is 0 Å². The van der Waals surface area contributed by atoms with Gasteiger partial charge in [0.05, 0.1) is 0 Å². The molecule has 0 spiro atoms. The van der Waals surface area contributed by atoms with E-state index in [4.69, 9.17) is 5.11 Å². The first-order chi connectivity index (χ1) is 9.60. The van der Waals surface area contributed by atoms with Crippen molar-refractivity contribution < 1.29 is 9.90 Å². The Morgan fingerprint density at radius 3 is 2.60 bits per heavy atom. The van der Waals surface area contributed by atoms with Gasteiger partial charge in [-0.3, -0.25) is 9.89 Å². The smallest absolute Gasteiger partial charge is 0.295 e. The normalized spacial score (nSPS) is 10.8. The molecule has 0 fully saturated rings. The molecule has 20 heavy (non-hydrogen) atoms. The maximum Gasteiger partial charge on any atom is 0.295 e. The first kappa shape index (κ1) is 14.2. The number of carbonyl (C=O) groups is 1. The first-order valence-corrected chi connectivity index (χ1v) is 6.53. The molecule has 0 unspecified atom stereocenters. The van der Waals surface area contributed by atoms with Gasteiger partial charge < -0.3 is 10.4 Å². The van der Waals surface area contributed by atoms with Crippen LogP contribution in [0.3, 0.4) is 0 Å². The molecule has 6 nitrogen and oxygen atoms in total. The standard InChI is InChI=1S/C14H18N4O2/c1-9(2)12-16-13(18-17-12)14(20)15-11-5-3-10(4-6-11)7-8-19/h3-6,9,19H,7-8H2,1-2H3,(H,15,20)(H,16,17,18). The lowest BCUT2D eigenvalue weighted by Gasteiger charge is -2.04. The Labute approximate surface area is 117 Å². The van der Waals surface area contributed by atoms with E-state index in [1.165, 1.54) is 0 Å². The zero-order valence-corrected chi connectivity index (χ0v) is 11.6. The Morgan fingerprint density at radius 1 is 1.35 bits per heavy atom. The molecule has 2 aromatic rings. The van der Waals surface area contributed by atoms with Crippen LogP contribution in [0.15, 0.2) is 24.3 Å². The Kier molecular flexibility index (Phi) is 4.47. The van der Waals surface area contributed by atoms with Gasteiger partial charge in [-0.1, -0.05) is 26.0 Å². The van der Waals surface area contributed by atoms with Gasteiger partial charge in [-0.2, -0.15) is 0 Å². The Bertz CT molecular complexity index is 575. The fraction of sp³-hybridized carbons (Fsp3) is 0.357. The largest absolute Gasteiger partial charge is 0.396 e. The zero-order chi connectivity index (χ0) is 14.5. The number of aliphatic hydroxyl groups excluding tert-OH is 1. The molecule has 0 aliphatic carbocycles. The lowest BCUT2D eigenvalue weighted by atomic mass is 10.1. The van der Waals surface area contributed by atoms with Crippen molar-refractivity contribution >= 4 is 11.6 Å². The fourth-order valence-electron chi connectivity index (χ4n) is 1.70. The number of aromatic amines is 1. The summed E-state index contributed by atoms with van der Waals surface area (Å²) >= 11 is 0. The molecule has 0 bridgehead atoms. The Hall–Kier alpha value is -2.21. The fourth-order valence-corrected chi connectivity index (χ4v) is 1.70. The third-order valence-corrected chi connectivity index (χ3v) is 2.86. The maximum atomic E-state index is 12.0. The summed E-state index contributed by atoms with van der Waals surface area (Å²) in [6.07, 6.45) is 0.604. The molecule has 0 aliphatic heterocycles. The summed E-state index contributed by atoms with van der Waals surface area (Å²) < 4.78 is 0. The number of aromatic nitrogens is 3. The molecule has 0 radical (unpaired) electrons. The van der Waals surface area contributed by atoms with Crippen LogP contribution >= 0.6 is 0 Å². The molecule has 1 amide bonds. The Morgan fingerprint density at radius 2 is 2.05 bits per heavy atom. The van der Waals surface area contributed by atoms with Crippen LogP contribution in [-0.4, -0.2) is 32.8 Å². The summed E-state index contributed by atoms with van der Waals surface area (Å²) in [5, 5.41) is 18.2. The van der Waals surface area contributed by atoms with Crippen LogP contribution in [0, 0.1) is 0 Å². The predicted octanol–water partition coefficient (Wildman–Crippen LogP) is 1.72. The van der Waals surface area contributed by atoms with Crippen molar-refractivity contribution in [3.63, 3.8) is 0 Å². The molecular formula is C14H18N4O2. The average Bonchev–Trinajstić information content (AvgIpc) is 2.91. The first-order valence-electron chi connectivity index (χ1n) is 6.53. The molecule has 1 aromatic heterocycles. The van der Waals surface area contributed by atoms with Crippen LogP contribution in [0.4, 0.5) is 5.69 Å². The van der Waals surface area contributed by atoms with Crippen molar-refractivity contribution in [3.05, 3.63) is 41.5 Å². The topological polar surface area (TPSA) is 90.9 Å². The Balaban J connectivity index is 2.03. The van der Waals surface area contributed by atoms with E-state index in [-0.39, 0.29) is 24.3 Å². The SMILES string of the molecule is CC(C)c1nc(C(=O)Nc2ccc(CCO)cc2)n[nH]1. The van der Waals surface area contributed by atoms with Gasteiger partial charge in [0.2, 0.25) is 5.82 Å². The van der Waals surface area contributed by atoms with E-state index in [2.05, 4.69) is 20.5 Å². The quantitative estimate of drug-likeness (QED) is 0.774. The molecule has 0 saturated heterocycles. The molecule has 0 aliphatic rings. The van der Waals surface area contributed by atoms with Gasteiger partial charge in [0.15, 0.2) is 0 Å². The number of H-pyrrole nitrogens is 1. The lowest BCUT2D eigenvalue weighted by Crippen LogP contribution is -2.13. The van der Waals surface area contributed by atoms with E-state index in [1.54, 1.807) is 12.1 Å². The number of aliphatic hydroxyl groups is 1. The van der Waals surface area contributed by atoms with Crippen LogP contribution in [0.5, 0.6) is 0 Å². The molecule has 0 atom stereocenters. The molecule has 0 saturated carbocycles. The van der Waals surface area contributed by atoms with Crippen LogP contribution in [0.1, 0.15) is 41.8 Å². The summed E-state index contributed by atoms with van der Waals surface area (Å²) in [4.78, 5) is 16.1. The second-order valence-electron chi connectivity index (χ2n) is 4.82. The summed E-state index contributed by atoms with van der Waals surface area (Å²) in [6, 6.07) is 7.31. The molecule has 3 N–H and O–H groups in total. The zero-order valence-electron chi connectivity index (χ0n) is 11.6. The summed E-state index contributed by atoms with van der Waals surface area (Å²) in [5.74, 6) is 0.673. The molecule has 6 heteroatoms. The van der Waals surface area contributed by atoms with Crippen molar-refractivity contribution in [3.8, 4) is 0 Å². The van der Waals surface area contributed by atoms with E-state index < -0.39 is 0 Å². The highest BCUT2D eigenvalue weighted by Crippen LogP contribution is 2.12. The van der Waals surface area contributed by atoms with Gasteiger partial charge in [-0.15, -0.1) is 5.10 Å². The van der Waals surface area contributed by atoms with Gasteiger partial charge in [-0.25, -0.2) is 4.98 Å². The molecule has 106 valence electrons. The van der Waals surface area contributed by atoms with Gasteiger partial charge >= 0.3 is 0 Å². The van der Waals surface area contributed by atoms with Gasteiger partial charge in [0.1, 0.15) is 5.82 Å². The highest BCUT2D eigenvalue weighted by atomic mass is 16.3. The number of carbonyl (C=O) groups excluding carboxylic acids is 1. The second-order valence-corrected chi connectivity index (χ2v) is 4.82. The van der Waals surface area contributed by atoms with Crippen LogP contribution in [0.25, 0.3) is 0 Å². The van der Waals surface area contributed by atoms with Crippen LogP contribution in [-0.2, 0) is 6.42 Å². The average molecular weight is 274 g/mol. The molecule has 1 heterocycles. The molecule has 2 rings (SSSR count). The van der Waals surface area contributed by atoms with Crippen molar-refractivity contribution in [1.82, 2.24) is 15.2 Å². The van der Waals surface area contributed by atoms with E-state index in [0.717, 1.165) is 5.56 Å². The van der Waals surface area contributed by atoms with Gasteiger partial charge in [0.25, 0.3) is 5.91 Å². The lowest BCUT2D eigenvalue weighted by molar-refractivity contribution is 0.101. The van der Waals surface area contributed by atoms with Crippen LogP contribution in [0.2, 0.25) is 0 Å². The van der Waals surface area contributed by atoms with Crippen LogP contribution < -0.4 is 5.32 Å². The number of hydrogen-bond acceptors (Lipinski definition) is 4. The van der Waals surface area contributed by atoms with E-state index in [9.17, 15) is 4.79 Å². The number of hydrogen-bond donors (Lipinski definition) is 3. The maximum absolute atomic E-state index is 12.0. The number of rotatable bonds is 5. The number of nitrogens with zero attached hydrogens (tertiary/aromatic N) is 2. The minimum Gasteiger partial charge on any atom is -0.396 e. The molecule has 1 aromatic carbocycles. The summed E-state index contributed by atoms with van der Waals surface area (Å²) in [7, 11) is 0. The monoisotopic (exact) mass is 274 g/mol. The summed E-state index contributed by atoms with van der Waals surface area (Å²) in [6.45, 7) is 4.06. The summed E-state index contributed by atoms with van der Waals surface area (Å²) in [5.41, 5.74) is 1.69. The van der Waals surface area contributed by atoms with Crippen molar-refractivity contribution in [2.75, 3.05) is 11.9 Å². The van der Waals surface area contributed by atoms with Crippen molar-refractivity contribution in [2.24, 2.45) is 0 Å². The third kappa shape index (κ3) is 3.42. The minimum absolute atomic E-state index is 0.112. The van der Waals surface area contributed by atoms with E-state index in [1.807, 2.05) is 26.0 Å². The van der Waals surface area contributed by atoms with E-state index in [0.29, 0.717) is 17.9 Å². The highest BCUT2D eigenvalue weighted by molar-refractivity contribution is 6.01. The minimum atomic E-state index is -0.344. The van der Waals surface area contributed by atoms with Crippen molar-refractivity contribution in [1.29, 1.82) is 0 Å². The van der Waals surface area contributed by atoms with Gasteiger partial charge in [-0.05, 0) is 24.1 Å². The van der Waals surface area contributed by atoms with Gasteiger partial charge in [0, 0.05) is 18.2 Å². The predicted molar refractivity (Wildman–Crippen MR) is 75.7 cm³/mol. The highest BCUT2D eigenvalue weighted by Gasteiger charge is 2.14. The number of nitrogens with one attached hydrogen (secondary N) is 2. The number of amides is 1. The molecular weight excluding hydrogens is 256 g/mol. The number of anilines is 1. The third-order valence-electron chi connectivity index (χ3n) is 2.86. The van der Waals surface area contributed by atoms with Crippen molar-refractivity contribution in [2.45, 2.75) is 26.2 Å².